The van der Waals surface area contributed by atoms with Gasteiger partial charge >= 0.3 is 6.09 Å². The second kappa shape index (κ2) is 3.75. The van der Waals surface area contributed by atoms with Gasteiger partial charge in [-0.2, -0.15) is 0 Å². The van der Waals surface area contributed by atoms with Gasteiger partial charge in [0, 0.05) is 5.54 Å². The van der Waals surface area contributed by atoms with Crippen LogP contribution < -0.4 is 11.1 Å². The summed E-state index contributed by atoms with van der Waals surface area (Å²) in [6.45, 7) is 0. The van der Waals surface area contributed by atoms with E-state index in [-0.39, 0.29) is 11.2 Å². The first-order valence-electron chi connectivity index (χ1n) is 4.99. The number of hydrogen-bond donors (Lipinski definition) is 2. The predicted molar refractivity (Wildman–Crippen MR) is 57.5 cm³/mol. The van der Waals surface area contributed by atoms with Gasteiger partial charge in [-0.05, 0) is 30.5 Å². The topological polar surface area (TPSA) is 64.3 Å². The van der Waals surface area contributed by atoms with Crippen molar-refractivity contribution in [1.82, 2.24) is 0 Å². The van der Waals surface area contributed by atoms with Crippen LogP contribution in [0.4, 0.5) is 14.9 Å². The second-order valence-corrected chi connectivity index (χ2v) is 3.97. The van der Waals surface area contributed by atoms with E-state index in [1.165, 1.54) is 13.2 Å². The first-order chi connectivity index (χ1) is 7.55. The van der Waals surface area contributed by atoms with Crippen LogP contribution in [0.1, 0.15) is 18.4 Å². The van der Waals surface area contributed by atoms with Crippen LogP contribution in [0.5, 0.6) is 0 Å². The molecule has 0 unspecified atom stereocenters. The number of nitrogens with one attached hydrogen (secondary N) is 1. The summed E-state index contributed by atoms with van der Waals surface area (Å²) >= 11 is 0. The monoisotopic (exact) mass is 224 g/mol. The van der Waals surface area contributed by atoms with Crippen LogP contribution in [-0.4, -0.2) is 13.2 Å². The van der Waals surface area contributed by atoms with Crippen LogP contribution in [0.2, 0.25) is 0 Å². The first kappa shape index (κ1) is 10.9. The highest BCUT2D eigenvalue weighted by Gasteiger charge is 2.40. The van der Waals surface area contributed by atoms with Crippen molar-refractivity contribution in [3.8, 4) is 0 Å². The normalized spacial score (nSPS) is 16.7. The molecule has 2 rings (SSSR count). The number of benzene rings is 1. The fourth-order valence-corrected chi connectivity index (χ4v) is 1.52. The lowest BCUT2D eigenvalue weighted by atomic mass is 10.1. The van der Waals surface area contributed by atoms with E-state index in [0.29, 0.717) is 0 Å². The maximum Gasteiger partial charge on any atom is 0.411 e. The molecule has 1 amide bonds. The average Bonchev–Trinajstić information content (AvgIpc) is 3.00. The largest absolute Gasteiger partial charge is 0.453 e. The molecule has 0 heterocycles. The Balaban J connectivity index is 2.26. The molecule has 1 aromatic rings. The molecule has 3 N–H and O–H groups in total. The molecule has 0 aliphatic heterocycles. The molecular weight excluding hydrogens is 211 g/mol. The van der Waals surface area contributed by atoms with Gasteiger partial charge in [-0.1, -0.05) is 6.07 Å². The van der Waals surface area contributed by atoms with E-state index >= 15 is 0 Å². The summed E-state index contributed by atoms with van der Waals surface area (Å²) in [5.41, 5.74) is 6.57. The van der Waals surface area contributed by atoms with Gasteiger partial charge in [0.25, 0.3) is 0 Å². The molecule has 5 heteroatoms. The Labute approximate surface area is 92.6 Å². The highest BCUT2D eigenvalue weighted by Crippen LogP contribution is 2.43. The van der Waals surface area contributed by atoms with E-state index in [9.17, 15) is 9.18 Å². The molecule has 1 aliphatic rings. The summed E-state index contributed by atoms with van der Waals surface area (Å²) in [4.78, 5) is 11.0. The minimum atomic E-state index is -0.696. The van der Waals surface area contributed by atoms with Crippen molar-refractivity contribution in [1.29, 1.82) is 0 Å². The van der Waals surface area contributed by atoms with Gasteiger partial charge in [-0.15, -0.1) is 0 Å². The minimum Gasteiger partial charge on any atom is -0.453 e. The van der Waals surface area contributed by atoms with Crippen LogP contribution >= 0.6 is 0 Å². The lowest BCUT2D eigenvalue weighted by Crippen LogP contribution is -2.19. The molecule has 0 atom stereocenters. The fourth-order valence-electron chi connectivity index (χ4n) is 1.52. The molecule has 1 saturated carbocycles. The van der Waals surface area contributed by atoms with Gasteiger partial charge in [-0.25, -0.2) is 9.18 Å². The zero-order valence-corrected chi connectivity index (χ0v) is 8.92. The molecule has 16 heavy (non-hydrogen) atoms. The number of rotatable bonds is 2. The van der Waals surface area contributed by atoms with Gasteiger partial charge in [0.05, 0.1) is 12.8 Å². The van der Waals surface area contributed by atoms with Crippen LogP contribution in [0, 0.1) is 5.82 Å². The van der Waals surface area contributed by atoms with Crippen molar-refractivity contribution in [2.45, 2.75) is 18.4 Å². The molecule has 0 aromatic heterocycles. The molecule has 0 spiro atoms. The number of carbonyl (C=O) groups is 1. The summed E-state index contributed by atoms with van der Waals surface area (Å²) in [6, 6.07) is 4.50. The third-order valence-corrected chi connectivity index (χ3v) is 2.75. The third kappa shape index (κ3) is 1.99. The lowest BCUT2D eigenvalue weighted by Gasteiger charge is -2.12. The molecule has 0 saturated heterocycles. The first-order valence-corrected chi connectivity index (χ1v) is 4.99. The number of hydrogen-bond acceptors (Lipinski definition) is 3. The summed E-state index contributed by atoms with van der Waals surface area (Å²) < 4.78 is 17.8. The zero-order chi connectivity index (χ0) is 11.8. The average molecular weight is 224 g/mol. The molecule has 0 bridgehead atoms. The van der Waals surface area contributed by atoms with Gasteiger partial charge in [0.2, 0.25) is 0 Å². The van der Waals surface area contributed by atoms with E-state index < -0.39 is 11.9 Å². The Morgan fingerprint density at radius 3 is 2.81 bits per heavy atom. The molecule has 1 fully saturated rings. The van der Waals surface area contributed by atoms with Crippen LogP contribution in [0.25, 0.3) is 0 Å². The highest BCUT2D eigenvalue weighted by atomic mass is 19.1. The summed E-state index contributed by atoms with van der Waals surface area (Å²) in [5.74, 6) is -0.501. The quantitative estimate of drug-likeness (QED) is 0.807. The Bertz CT molecular complexity index is 430. The van der Waals surface area contributed by atoms with Crippen LogP contribution in [0.3, 0.4) is 0 Å². The van der Waals surface area contributed by atoms with E-state index in [4.69, 9.17) is 5.73 Å². The summed E-state index contributed by atoms with van der Waals surface area (Å²) in [5, 5.41) is 2.31. The Morgan fingerprint density at radius 2 is 2.25 bits per heavy atom. The number of amides is 1. The number of nitrogens with two attached hydrogens (primary N) is 1. The molecule has 1 aliphatic carbocycles. The van der Waals surface area contributed by atoms with Crippen LogP contribution in [-0.2, 0) is 10.3 Å². The number of anilines is 1. The van der Waals surface area contributed by atoms with Gasteiger partial charge in [0.15, 0.2) is 0 Å². The standard InChI is InChI=1S/C11H13FN2O2/c1-16-10(15)14-9-6-7(2-3-8(9)12)11(13)4-5-11/h2-3,6H,4-5,13H2,1H3,(H,14,15). The van der Waals surface area contributed by atoms with E-state index in [1.807, 2.05) is 0 Å². The number of halogens is 1. The van der Waals surface area contributed by atoms with Gasteiger partial charge < -0.3 is 10.5 Å². The molecule has 0 radical (unpaired) electrons. The number of methoxy groups -OCH3 is 1. The Morgan fingerprint density at radius 1 is 1.56 bits per heavy atom. The maximum absolute atomic E-state index is 13.4. The second-order valence-electron chi connectivity index (χ2n) is 3.97. The minimum absolute atomic E-state index is 0.0982. The Hall–Kier alpha value is -1.62. The molecular formula is C11H13FN2O2. The fraction of sp³-hybridized carbons (Fsp3) is 0.364. The summed E-state index contributed by atoms with van der Waals surface area (Å²) in [6.07, 6.45) is 1.07. The Kier molecular flexibility index (Phi) is 2.55. The number of carbonyl (C=O) groups excluding carboxylic acids is 1. The van der Waals surface area contributed by atoms with Crippen molar-refractivity contribution in [3.05, 3.63) is 29.6 Å². The van der Waals surface area contributed by atoms with Crippen molar-refractivity contribution >= 4 is 11.8 Å². The van der Waals surface area contributed by atoms with Gasteiger partial charge in [0.1, 0.15) is 5.82 Å². The third-order valence-electron chi connectivity index (χ3n) is 2.75. The molecule has 86 valence electrons. The van der Waals surface area contributed by atoms with E-state index in [2.05, 4.69) is 10.1 Å². The van der Waals surface area contributed by atoms with E-state index in [0.717, 1.165) is 18.4 Å². The van der Waals surface area contributed by atoms with Crippen molar-refractivity contribution < 1.29 is 13.9 Å². The smallest absolute Gasteiger partial charge is 0.411 e. The number of ether oxygens (including phenoxy) is 1. The van der Waals surface area contributed by atoms with Gasteiger partial charge in [-0.3, -0.25) is 5.32 Å². The van der Waals surface area contributed by atoms with Crippen molar-refractivity contribution in [2.24, 2.45) is 5.73 Å². The van der Waals surface area contributed by atoms with Crippen LogP contribution in [0.15, 0.2) is 18.2 Å². The zero-order valence-electron chi connectivity index (χ0n) is 8.92. The highest BCUT2D eigenvalue weighted by molar-refractivity contribution is 5.84. The van der Waals surface area contributed by atoms with E-state index in [1.54, 1.807) is 12.1 Å². The molecule has 1 aromatic carbocycles. The molecule has 4 nitrogen and oxygen atoms in total. The SMILES string of the molecule is COC(=O)Nc1cc(C2(N)CC2)ccc1F. The van der Waals surface area contributed by atoms with Crippen molar-refractivity contribution in [3.63, 3.8) is 0 Å². The maximum atomic E-state index is 13.4. The van der Waals surface area contributed by atoms with Crippen molar-refractivity contribution in [2.75, 3.05) is 12.4 Å². The summed E-state index contributed by atoms with van der Waals surface area (Å²) in [7, 11) is 1.22. The predicted octanol–water partition coefficient (Wildman–Crippen LogP) is 1.95. The lowest BCUT2D eigenvalue weighted by molar-refractivity contribution is 0.187.